The van der Waals surface area contributed by atoms with Crippen molar-refractivity contribution in [2.75, 3.05) is 39.8 Å². The van der Waals surface area contributed by atoms with Crippen molar-refractivity contribution in [2.45, 2.75) is 31.7 Å². The molecule has 0 aromatic heterocycles. The van der Waals surface area contributed by atoms with Crippen LogP contribution in [-0.2, 0) is 0 Å². The number of hydrogen-bond donors (Lipinski definition) is 2. The van der Waals surface area contributed by atoms with Gasteiger partial charge in [-0.05, 0) is 58.1 Å². The fourth-order valence-electron chi connectivity index (χ4n) is 2.91. The quantitative estimate of drug-likeness (QED) is 0.714. The van der Waals surface area contributed by atoms with Gasteiger partial charge >= 0.3 is 0 Å². The molecule has 112 valence electrons. The highest BCUT2D eigenvalue weighted by molar-refractivity contribution is 5.19. The Morgan fingerprint density at radius 3 is 2.50 bits per heavy atom. The second-order valence-corrected chi connectivity index (χ2v) is 5.74. The van der Waals surface area contributed by atoms with Gasteiger partial charge in [0.1, 0.15) is 0 Å². The van der Waals surface area contributed by atoms with Gasteiger partial charge in [0.15, 0.2) is 0 Å². The molecule has 2 rings (SSSR count). The molecule has 1 aliphatic heterocycles. The summed E-state index contributed by atoms with van der Waals surface area (Å²) in [5, 5.41) is 6.95. The molecule has 1 saturated heterocycles. The third-order valence-corrected chi connectivity index (χ3v) is 4.09. The smallest absolute Gasteiger partial charge is 0.0449 e. The van der Waals surface area contributed by atoms with Crippen LogP contribution in [-0.4, -0.2) is 44.7 Å². The van der Waals surface area contributed by atoms with Crippen molar-refractivity contribution in [3.63, 3.8) is 0 Å². The molecule has 1 unspecified atom stereocenters. The van der Waals surface area contributed by atoms with Crippen LogP contribution in [0.25, 0.3) is 0 Å². The summed E-state index contributed by atoms with van der Waals surface area (Å²) in [4.78, 5) is 2.62. The zero-order valence-corrected chi connectivity index (χ0v) is 12.8. The van der Waals surface area contributed by atoms with Gasteiger partial charge in [-0.3, -0.25) is 0 Å². The first-order valence-electron chi connectivity index (χ1n) is 8.05. The van der Waals surface area contributed by atoms with Crippen molar-refractivity contribution in [2.24, 2.45) is 0 Å². The molecule has 1 aromatic carbocycles. The summed E-state index contributed by atoms with van der Waals surface area (Å²) in [5.41, 5.74) is 1.42. The predicted molar refractivity (Wildman–Crippen MR) is 86.0 cm³/mol. The summed E-state index contributed by atoms with van der Waals surface area (Å²) >= 11 is 0. The van der Waals surface area contributed by atoms with Gasteiger partial charge in [-0.25, -0.2) is 0 Å². The normalized spacial score (nSPS) is 18.1. The second kappa shape index (κ2) is 9.11. The van der Waals surface area contributed by atoms with Gasteiger partial charge < -0.3 is 15.5 Å². The van der Waals surface area contributed by atoms with Gasteiger partial charge in [0.05, 0.1) is 0 Å². The van der Waals surface area contributed by atoms with E-state index in [9.17, 15) is 0 Å². The lowest BCUT2D eigenvalue weighted by molar-refractivity contribution is 0.205. The summed E-state index contributed by atoms with van der Waals surface area (Å²) in [5.74, 6) is 0. The maximum absolute atomic E-state index is 3.74. The van der Waals surface area contributed by atoms with E-state index in [0.717, 1.165) is 19.6 Å². The molecule has 0 aliphatic carbocycles. The predicted octanol–water partition coefficient (Wildman–Crippen LogP) is 2.41. The van der Waals surface area contributed by atoms with E-state index in [1.165, 1.54) is 44.3 Å². The van der Waals surface area contributed by atoms with E-state index < -0.39 is 0 Å². The molecule has 1 heterocycles. The molecule has 2 N–H and O–H groups in total. The van der Waals surface area contributed by atoms with Gasteiger partial charge in [-0.1, -0.05) is 36.8 Å². The SMILES string of the molecule is CNCCCNC(CN1CCCCC1)c1ccccc1. The highest BCUT2D eigenvalue weighted by Gasteiger charge is 2.17. The van der Waals surface area contributed by atoms with Crippen molar-refractivity contribution in [1.29, 1.82) is 0 Å². The summed E-state index contributed by atoms with van der Waals surface area (Å²) in [6.45, 7) is 5.83. The number of likely N-dealkylation sites (tertiary alicyclic amines) is 1. The van der Waals surface area contributed by atoms with E-state index in [-0.39, 0.29) is 0 Å². The lowest BCUT2D eigenvalue weighted by Gasteiger charge is -2.31. The monoisotopic (exact) mass is 275 g/mol. The number of rotatable bonds is 8. The highest BCUT2D eigenvalue weighted by Crippen LogP contribution is 2.17. The van der Waals surface area contributed by atoms with E-state index >= 15 is 0 Å². The van der Waals surface area contributed by atoms with Gasteiger partial charge in [0.2, 0.25) is 0 Å². The van der Waals surface area contributed by atoms with Gasteiger partial charge in [-0.15, -0.1) is 0 Å². The largest absolute Gasteiger partial charge is 0.320 e. The van der Waals surface area contributed by atoms with Crippen LogP contribution in [0, 0.1) is 0 Å². The van der Waals surface area contributed by atoms with Crippen LogP contribution < -0.4 is 10.6 Å². The molecule has 0 radical (unpaired) electrons. The third kappa shape index (κ3) is 5.23. The standard InChI is InChI=1S/C17H29N3/c1-18-11-8-12-19-17(16-9-4-2-5-10-16)15-20-13-6-3-7-14-20/h2,4-5,9-10,17-19H,3,6-8,11-15H2,1H3. The Labute approximate surface area is 123 Å². The number of piperidine rings is 1. The van der Waals surface area contributed by atoms with Crippen LogP contribution in [0.1, 0.15) is 37.3 Å². The van der Waals surface area contributed by atoms with E-state index in [2.05, 4.69) is 45.9 Å². The number of hydrogen-bond acceptors (Lipinski definition) is 3. The molecule has 1 aromatic rings. The van der Waals surface area contributed by atoms with E-state index in [0.29, 0.717) is 6.04 Å². The van der Waals surface area contributed by atoms with E-state index in [1.807, 2.05) is 7.05 Å². The fraction of sp³-hybridized carbons (Fsp3) is 0.647. The Bertz CT molecular complexity index is 347. The van der Waals surface area contributed by atoms with Crippen molar-refractivity contribution in [3.8, 4) is 0 Å². The van der Waals surface area contributed by atoms with Crippen LogP contribution in [0.3, 0.4) is 0 Å². The molecule has 0 saturated carbocycles. The minimum Gasteiger partial charge on any atom is -0.320 e. The lowest BCUT2D eigenvalue weighted by atomic mass is 10.0. The van der Waals surface area contributed by atoms with Crippen LogP contribution in [0.15, 0.2) is 30.3 Å². The Morgan fingerprint density at radius 1 is 1.05 bits per heavy atom. The molecule has 0 bridgehead atoms. The van der Waals surface area contributed by atoms with Crippen molar-refractivity contribution < 1.29 is 0 Å². The molecule has 1 aliphatic rings. The lowest BCUT2D eigenvalue weighted by Crippen LogP contribution is -2.38. The molecule has 3 nitrogen and oxygen atoms in total. The third-order valence-electron chi connectivity index (χ3n) is 4.09. The fourth-order valence-corrected chi connectivity index (χ4v) is 2.91. The number of benzene rings is 1. The molecule has 0 amide bonds. The summed E-state index contributed by atoms with van der Waals surface area (Å²) in [6, 6.07) is 11.4. The average Bonchev–Trinajstić information content (AvgIpc) is 2.52. The first kappa shape index (κ1) is 15.5. The van der Waals surface area contributed by atoms with E-state index in [1.54, 1.807) is 0 Å². The van der Waals surface area contributed by atoms with Gasteiger partial charge in [-0.2, -0.15) is 0 Å². The molecule has 20 heavy (non-hydrogen) atoms. The molecule has 1 atom stereocenters. The molecular formula is C17H29N3. The van der Waals surface area contributed by atoms with Crippen LogP contribution >= 0.6 is 0 Å². The van der Waals surface area contributed by atoms with Crippen LogP contribution in [0.2, 0.25) is 0 Å². The maximum Gasteiger partial charge on any atom is 0.0449 e. The maximum atomic E-state index is 3.74. The Morgan fingerprint density at radius 2 is 1.80 bits per heavy atom. The summed E-state index contributed by atoms with van der Waals surface area (Å²) in [6.07, 6.45) is 5.31. The Hall–Kier alpha value is -0.900. The first-order chi connectivity index (χ1) is 9.90. The Balaban J connectivity index is 1.89. The minimum absolute atomic E-state index is 0.464. The highest BCUT2D eigenvalue weighted by atomic mass is 15.2. The minimum atomic E-state index is 0.464. The van der Waals surface area contributed by atoms with Crippen LogP contribution in [0.5, 0.6) is 0 Å². The zero-order chi connectivity index (χ0) is 14.0. The molecule has 0 spiro atoms. The van der Waals surface area contributed by atoms with Gasteiger partial charge in [0, 0.05) is 12.6 Å². The number of nitrogens with one attached hydrogen (secondary N) is 2. The number of nitrogens with zero attached hydrogens (tertiary/aromatic N) is 1. The van der Waals surface area contributed by atoms with Crippen molar-refractivity contribution in [1.82, 2.24) is 15.5 Å². The second-order valence-electron chi connectivity index (χ2n) is 5.74. The summed E-state index contributed by atoms with van der Waals surface area (Å²) < 4.78 is 0. The van der Waals surface area contributed by atoms with Crippen molar-refractivity contribution >= 4 is 0 Å². The van der Waals surface area contributed by atoms with Gasteiger partial charge in [0.25, 0.3) is 0 Å². The molecule has 3 heteroatoms. The topological polar surface area (TPSA) is 27.3 Å². The molecule has 1 fully saturated rings. The molecular weight excluding hydrogens is 246 g/mol. The first-order valence-corrected chi connectivity index (χ1v) is 8.05. The average molecular weight is 275 g/mol. The van der Waals surface area contributed by atoms with E-state index in [4.69, 9.17) is 0 Å². The summed E-state index contributed by atoms with van der Waals surface area (Å²) in [7, 11) is 2.02. The Kier molecular flexibility index (Phi) is 7.06. The van der Waals surface area contributed by atoms with Crippen LogP contribution in [0.4, 0.5) is 0 Å². The zero-order valence-electron chi connectivity index (χ0n) is 12.8. The van der Waals surface area contributed by atoms with Crippen molar-refractivity contribution in [3.05, 3.63) is 35.9 Å².